The number of hydrogen-bond acceptors (Lipinski definition) is 2. The van der Waals surface area contributed by atoms with Gasteiger partial charge in [0, 0.05) is 17.4 Å². The normalized spacial score (nSPS) is 16.9. The highest BCUT2D eigenvalue weighted by molar-refractivity contribution is 9.10. The maximum absolute atomic E-state index is 11.8. The highest BCUT2D eigenvalue weighted by Gasteiger charge is 2.22. The second kappa shape index (κ2) is 4.65. The van der Waals surface area contributed by atoms with Crippen molar-refractivity contribution in [3.63, 3.8) is 0 Å². The van der Waals surface area contributed by atoms with E-state index in [0.717, 1.165) is 10.2 Å². The summed E-state index contributed by atoms with van der Waals surface area (Å²) < 4.78 is 0.859. The fourth-order valence-electron chi connectivity index (χ4n) is 1.62. The summed E-state index contributed by atoms with van der Waals surface area (Å²) in [6.45, 7) is 0.493. The number of nitrogens with zero attached hydrogens (tertiary/aromatic N) is 1. The third-order valence-corrected chi connectivity index (χ3v) is 3.11. The van der Waals surface area contributed by atoms with Crippen molar-refractivity contribution in [2.45, 2.75) is 6.42 Å². The predicted molar refractivity (Wildman–Crippen MR) is 64.1 cm³/mol. The van der Waals surface area contributed by atoms with Gasteiger partial charge in [-0.3, -0.25) is 9.59 Å². The quantitative estimate of drug-likeness (QED) is 0.844. The summed E-state index contributed by atoms with van der Waals surface area (Å²) in [7, 11) is 0. The number of nitrogens with one attached hydrogen (secondary N) is 1. The predicted octanol–water partition coefficient (Wildman–Crippen LogP) is 1.30. The molecule has 84 valence electrons. The number of halogens is 1. The van der Waals surface area contributed by atoms with E-state index in [1.165, 1.54) is 0 Å². The Morgan fingerprint density at radius 2 is 2.00 bits per heavy atom. The van der Waals surface area contributed by atoms with E-state index in [2.05, 4.69) is 21.2 Å². The van der Waals surface area contributed by atoms with Gasteiger partial charge >= 0.3 is 0 Å². The number of rotatable bonds is 1. The number of anilines is 1. The Hall–Kier alpha value is -1.36. The van der Waals surface area contributed by atoms with Gasteiger partial charge in [0.2, 0.25) is 11.8 Å². The first-order chi connectivity index (χ1) is 7.68. The SMILES string of the molecule is O=C1CCN(c2ccccc2Br)C(=O)CN1. The van der Waals surface area contributed by atoms with E-state index < -0.39 is 0 Å². The van der Waals surface area contributed by atoms with E-state index in [4.69, 9.17) is 0 Å². The summed E-state index contributed by atoms with van der Waals surface area (Å²) in [5, 5.41) is 2.57. The molecule has 0 unspecified atom stereocenters. The van der Waals surface area contributed by atoms with E-state index in [-0.39, 0.29) is 18.4 Å². The van der Waals surface area contributed by atoms with Crippen molar-refractivity contribution in [2.75, 3.05) is 18.0 Å². The Balaban J connectivity index is 2.29. The maximum Gasteiger partial charge on any atom is 0.246 e. The van der Waals surface area contributed by atoms with E-state index in [9.17, 15) is 9.59 Å². The van der Waals surface area contributed by atoms with Gasteiger partial charge in [0.05, 0.1) is 12.2 Å². The number of amides is 2. The zero-order valence-corrected chi connectivity index (χ0v) is 10.2. The molecule has 0 aromatic heterocycles. The third-order valence-electron chi connectivity index (χ3n) is 2.44. The van der Waals surface area contributed by atoms with Gasteiger partial charge in [-0.15, -0.1) is 0 Å². The van der Waals surface area contributed by atoms with Gasteiger partial charge in [-0.25, -0.2) is 0 Å². The molecule has 1 N–H and O–H groups in total. The van der Waals surface area contributed by atoms with Crippen LogP contribution in [-0.2, 0) is 9.59 Å². The number of para-hydroxylation sites is 1. The average molecular weight is 283 g/mol. The van der Waals surface area contributed by atoms with Crippen LogP contribution in [0, 0.1) is 0 Å². The number of benzene rings is 1. The number of carbonyl (C=O) groups excluding carboxylic acids is 2. The summed E-state index contributed by atoms with van der Waals surface area (Å²) in [4.78, 5) is 24.6. The van der Waals surface area contributed by atoms with E-state index in [0.29, 0.717) is 13.0 Å². The molecule has 1 saturated heterocycles. The topological polar surface area (TPSA) is 49.4 Å². The largest absolute Gasteiger partial charge is 0.347 e. The second-order valence-corrected chi connectivity index (χ2v) is 4.38. The van der Waals surface area contributed by atoms with Crippen LogP contribution >= 0.6 is 15.9 Å². The first kappa shape index (κ1) is 11.1. The molecule has 2 amide bonds. The van der Waals surface area contributed by atoms with Crippen LogP contribution in [0.25, 0.3) is 0 Å². The fraction of sp³-hybridized carbons (Fsp3) is 0.273. The summed E-state index contributed by atoms with van der Waals surface area (Å²) in [6.07, 6.45) is 0.340. The van der Waals surface area contributed by atoms with E-state index in [1.807, 2.05) is 24.3 Å². The van der Waals surface area contributed by atoms with Crippen LogP contribution in [0.3, 0.4) is 0 Å². The standard InChI is InChI=1S/C11H11BrN2O2/c12-8-3-1-2-4-9(8)14-6-5-10(15)13-7-11(14)16/h1-4H,5-7H2,(H,13,15). The van der Waals surface area contributed by atoms with Gasteiger partial charge in [0.25, 0.3) is 0 Å². The zero-order chi connectivity index (χ0) is 11.5. The van der Waals surface area contributed by atoms with E-state index >= 15 is 0 Å². The van der Waals surface area contributed by atoms with Gasteiger partial charge in [0.15, 0.2) is 0 Å². The average Bonchev–Trinajstić information content (AvgIpc) is 2.43. The molecule has 1 aliphatic heterocycles. The minimum atomic E-state index is -0.0854. The molecule has 1 fully saturated rings. The molecule has 0 aliphatic carbocycles. The van der Waals surface area contributed by atoms with Crippen molar-refractivity contribution in [3.8, 4) is 0 Å². The van der Waals surface area contributed by atoms with Gasteiger partial charge < -0.3 is 10.2 Å². The Bertz CT molecular complexity index is 434. The van der Waals surface area contributed by atoms with Crippen molar-refractivity contribution in [1.29, 1.82) is 0 Å². The molecular weight excluding hydrogens is 272 g/mol. The lowest BCUT2D eigenvalue weighted by Gasteiger charge is -2.20. The van der Waals surface area contributed by atoms with Crippen molar-refractivity contribution in [3.05, 3.63) is 28.7 Å². The molecule has 0 atom stereocenters. The van der Waals surface area contributed by atoms with Crippen LogP contribution in [0.1, 0.15) is 6.42 Å². The lowest BCUT2D eigenvalue weighted by Crippen LogP contribution is -2.35. The minimum Gasteiger partial charge on any atom is -0.347 e. The first-order valence-corrected chi connectivity index (χ1v) is 5.79. The van der Waals surface area contributed by atoms with Crippen LogP contribution in [-0.4, -0.2) is 24.9 Å². The lowest BCUT2D eigenvalue weighted by molar-refractivity contribution is -0.123. The molecule has 0 radical (unpaired) electrons. The highest BCUT2D eigenvalue weighted by Crippen LogP contribution is 2.26. The molecule has 5 heteroatoms. The molecule has 0 spiro atoms. The summed E-state index contributed by atoms with van der Waals surface area (Å²) >= 11 is 3.40. The van der Waals surface area contributed by atoms with Crippen molar-refractivity contribution in [2.24, 2.45) is 0 Å². The van der Waals surface area contributed by atoms with Crippen molar-refractivity contribution >= 4 is 33.4 Å². The first-order valence-electron chi connectivity index (χ1n) is 5.00. The van der Waals surface area contributed by atoms with Gasteiger partial charge in [0.1, 0.15) is 0 Å². The molecule has 4 nitrogen and oxygen atoms in total. The molecule has 1 heterocycles. The fourth-order valence-corrected chi connectivity index (χ4v) is 2.12. The Morgan fingerprint density at radius 1 is 1.25 bits per heavy atom. The van der Waals surface area contributed by atoms with Crippen LogP contribution in [0.4, 0.5) is 5.69 Å². The van der Waals surface area contributed by atoms with Gasteiger partial charge in [-0.05, 0) is 28.1 Å². The second-order valence-electron chi connectivity index (χ2n) is 3.52. The van der Waals surface area contributed by atoms with Crippen LogP contribution in [0.2, 0.25) is 0 Å². The Morgan fingerprint density at radius 3 is 2.75 bits per heavy atom. The Kier molecular flexibility index (Phi) is 3.24. The van der Waals surface area contributed by atoms with Crippen LogP contribution in [0.5, 0.6) is 0 Å². The third kappa shape index (κ3) is 2.24. The summed E-state index contributed by atoms with van der Waals surface area (Å²) in [5.74, 6) is -0.166. The molecule has 0 bridgehead atoms. The number of carbonyl (C=O) groups is 2. The highest BCUT2D eigenvalue weighted by atomic mass is 79.9. The Labute approximate surface area is 102 Å². The van der Waals surface area contributed by atoms with E-state index in [1.54, 1.807) is 4.90 Å². The van der Waals surface area contributed by atoms with Crippen LogP contribution in [0.15, 0.2) is 28.7 Å². The summed E-state index contributed by atoms with van der Waals surface area (Å²) in [5.41, 5.74) is 0.809. The monoisotopic (exact) mass is 282 g/mol. The molecule has 1 aliphatic rings. The van der Waals surface area contributed by atoms with Gasteiger partial charge in [-0.1, -0.05) is 12.1 Å². The molecule has 2 rings (SSSR count). The zero-order valence-electron chi connectivity index (χ0n) is 8.57. The minimum absolute atomic E-state index is 0.0696. The van der Waals surface area contributed by atoms with Crippen molar-refractivity contribution < 1.29 is 9.59 Å². The molecule has 1 aromatic rings. The molecule has 16 heavy (non-hydrogen) atoms. The molecule has 1 aromatic carbocycles. The smallest absolute Gasteiger partial charge is 0.246 e. The number of hydrogen-bond donors (Lipinski definition) is 1. The van der Waals surface area contributed by atoms with Crippen LogP contribution < -0.4 is 10.2 Å². The summed E-state index contributed by atoms with van der Waals surface area (Å²) in [6, 6.07) is 7.49. The molecule has 0 saturated carbocycles. The lowest BCUT2D eigenvalue weighted by atomic mass is 10.2. The molecular formula is C11H11BrN2O2. The van der Waals surface area contributed by atoms with Gasteiger partial charge in [-0.2, -0.15) is 0 Å². The maximum atomic E-state index is 11.8. The van der Waals surface area contributed by atoms with Crippen molar-refractivity contribution in [1.82, 2.24) is 5.32 Å².